The Morgan fingerprint density at radius 3 is 3.00 bits per heavy atom. The molecule has 3 N–H and O–H groups in total. The Labute approximate surface area is 109 Å². The molecule has 6 nitrogen and oxygen atoms in total. The number of fused-ring (bicyclic) bond motifs is 1. The number of H-pyrrole nitrogens is 2. The number of imidazole rings is 2. The summed E-state index contributed by atoms with van der Waals surface area (Å²) in [6, 6.07) is 5.58. The average molecular weight is 307 g/mol. The molecular formula is C11H7BrN4O2. The Kier molecular flexibility index (Phi) is 2.41. The number of benzene rings is 1. The summed E-state index contributed by atoms with van der Waals surface area (Å²) in [5.74, 6) is -0.633. The third-order valence-corrected chi connectivity index (χ3v) is 3.01. The minimum Gasteiger partial charge on any atom is -0.477 e. The van der Waals surface area contributed by atoms with E-state index < -0.39 is 5.97 Å². The van der Waals surface area contributed by atoms with Crippen molar-refractivity contribution in [3.63, 3.8) is 0 Å². The number of nitrogens with zero attached hydrogens (tertiary/aromatic N) is 2. The summed E-state index contributed by atoms with van der Waals surface area (Å²) in [5, 5.41) is 9.01. The highest BCUT2D eigenvalue weighted by molar-refractivity contribution is 9.10. The highest BCUT2D eigenvalue weighted by atomic mass is 79.9. The monoisotopic (exact) mass is 306 g/mol. The van der Waals surface area contributed by atoms with Crippen molar-refractivity contribution in [3.05, 3.63) is 34.7 Å². The second-order valence-corrected chi connectivity index (χ2v) is 4.59. The zero-order valence-electron chi connectivity index (χ0n) is 8.94. The number of hydrogen-bond donors (Lipinski definition) is 3. The Morgan fingerprint density at radius 1 is 1.39 bits per heavy atom. The Bertz CT molecular complexity index is 746. The second kappa shape index (κ2) is 3.95. The van der Waals surface area contributed by atoms with Crippen LogP contribution in [0.3, 0.4) is 0 Å². The van der Waals surface area contributed by atoms with E-state index >= 15 is 0 Å². The van der Waals surface area contributed by atoms with Crippen LogP contribution in [0.5, 0.6) is 0 Å². The molecule has 0 atom stereocenters. The number of carboxylic acids is 1. The van der Waals surface area contributed by atoms with Crippen LogP contribution in [0.15, 0.2) is 29.0 Å². The van der Waals surface area contributed by atoms with E-state index in [1.165, 1.54) is 6.33 Å². The number of halogens is 1. The van der Waals surface area contributed by atoms with Crippen LogP contribution in [0.4, 0.5) is 0 Å². The Morgan fingerprint density at radius 2 is 2.22 bits per heavy atom. The molecule has 0 saturated heterocycles. The predicted octanol–water partition coefficient (Wildman–Crippen LogP) is 2.41. The zero-order chi connectivity index (χ0) is 12.7. The lowest BCUT2D eigenvalue weighted by atomic mass is 10.3. The molecule has 0 aliphatic heterocycles. The van der Waals surface area contributed by atoms with Crippen molar-refractivity contribution in [1.82, 2.24) is 19.9 Å². The van der Waals surface area contributed by atoms with E-state index in [-0.39, 0.29) is 5.69 Å². The van der Waals surface area contributed by atoms with Crippen LogP contribution in [0.1, 0.15) is 10.5 Å². The molecule has 0 fully saturated rings. The van der Waals surface area contributed by atoms with Gasteiger partial charge in [-0.1, -0.05) is 15.9 Å². The van der Waals surface area contributed by atoms with Crippen molar-refractivity contribution in [2.24, 2.45) is 0 Å². The van der Waals surface area contributed by atoms with Gasteiger partial charge in [0.2, 0.25) is 0 Å². The van der Waals surface area contributed by atoms with E-state index in [0.29, 0.717) is 11.5 Å². The Hall–Kier alpha value is -2.15. The standard InChI is InChI=1S/C11H7BrN4O2/c12-5-1-2-6-7(3-5)16-10(15-6)8-9(11(17)18)14-4-13-8/h1-4H,(H,13,14)(H,15,16)(H,17,18). The molecule has 7 heteroatoms. The van der Waals surface area contributed by atoms with Crippen molar-refractivity contribution < 1.29 is 9.90 Å². The molecule has 18 heavy (non-hydrogen) atoms. The van der Waals surface area contributed by atoms with Gasteiger partial charge in [-0.05, 0) is 18.2 Å². The van der Waals surface area contributed by atoms with Gasteiger partial charge in [-0.2, -0.15) is 0 Å². The van der Waals surface area contributed by atoms with Gasteiger partial charge in [0.1, 0.15) is 5.69 Å². The molecule has 2 aromatic heterocycles. The first-order valence-corrected chi connectivity index (χ1v) is 5.87. The quantitative estimate of drug-likeness (QED) is 0.677. The third-order valence-electron chi connectivity index (χ3n) is 2.52. The van der Waals surface area contributed by atoms with Crippen molar-refractivity contribution >= 4 is 32.9 Å². The summed E-state index contributed by atoms with van der Waals surface area (Å²) in [5.41, 5.74) is 1.90. The van der Waals surface area contributed by atoms with Crippen molar-refractivity contribution in [1.29, 1.82) is 0 Å². The first-order chi connectivity index (χ1) is 8.65. The number of hydrogen-bond acceptors (Lipinski definition) is 3. The SMILES string of the molecule is O=C(O)c1[nH]cnc1-c1nc2ccc(Br)cc2[nH]1. The zero-order valence-corrected chi connectivity index (χ0v) is 10.5. The molecule has 0 saturated carbocycles. The van der Waals surface area contributed by atoms with Crippen LogP contribution >= 0.6 is 15.9 Å². The number of nitrogens with one attached hydrogen (secondary N) is 2. The molecule has 0 radical (unpaired) electrons. The summed E-state index contributed by atoms with van der Waals surface area (Å²) >= 11 is 3.36. The summed E-state index contributed by atoms with van der Waals surface area (Å²) in [6.45, 7) is 0. The summed E-state index contributed by atoms with van der Waals surface area (Å²) in [4.78, 5) is 24.9. The molecule has 1 aromatic carbocycles. The number of rotatable bonds is 2. The van der Waals surface area contributed by atoms with Crippen LogP contribution in [-0.2, 0) is 0 Å². The van der Waals surface area contributed by atoms with Gasteiger partial charge in [0.05, 0.1) is 17.4 Å². The van der Waals surface area contributed by atoms with Crippen LogP contribution < -0.4 is 0 Å². The van der Waals surface area contributed by atoms with Gasteiger partial charge in [-0.25, -0.2) is 14.8 Å². The summed E-state index contributed by atoms with van der Waals surface area (Å²) in [7, 11) is 0. The number of carbonyl (C=O) groups is 1. The molecule has 0 unspecified atom stereocenters. The maximum Gasteiger partial charge on any atom is 0.354 e. The number of carboxylic acid groups (broad SMARTS) is 1. The normalized spacial score (nSPS) is 10.9. The van der Waals surface area contributed by atoms with Crippen molar-refractivity contribution in [3.8, 4) is 11.5 Å². The van der Waals surface area contributed by atoms with E-state index in [4.69, 9.17) is 5.11 Å². The predicted molar refractivity (Wildman–Crippen MR) is 68.3 cm³/mol. The van der Waals surface area contributed by atoms with Crippen LogP contribution in [-0.4, -0.2) is 31.0 Å². The molecule has 0 aliphatic carbocycles. The molecular weight excluding hydrogens is 300 g/mol. The number of aromatic amines is 2. The van der Waals surface area contributed by atoms with Crippen molar-refractivity contribution in [2.75, 3.05) is 0 Å². The topological polar surface area (TPSA) is 94.7 Å². The third kappa shape index (κ3) is 1.68. The molecule has 0 spiro atoms. The summed E-state index contributed by atoms with van der Waals surface area (Å²) in [6.07, 6.45) is 1.34. The minimum atomic E-state index is -1.07. The smallest absolute Gasteiger partial charge is 0.354 e. The first kappa shape index (κ1) is 11.0. The first-order valence-electron chi connectivity index (χ1n) is 5.07. The van der Waals surface area contributed by atoms with E-state index in [9.17, 15) is 4.79 Å². The van der Waals surface area contributed by atoms with Gasteiger partial charge in [0.15, 0.2) is 11.5 Å². The van der Waals surface area contributed by atoms with Gasteiger partial charge in [0.25, 0.3) is 0 Å². The maximum absolute atomic E-state index is 11.0. The van der Waals surface area contributed by atoms with Crippen LogP contribution in [0.2, 0.25) is 0 Å². The molecule has 90 valence electrons. The van der Waals surface area contributed by atoms with Gasteiger partial charge >= 0.3 is 5.97 Å². The van der Waals surface area contributed by atoms with E-state index in [2.05, 4.69) is 35.9 Å². The molecule has 0 aliphatic rings. The number of aromatic nitrogens is 4. The fourth-order valence-electron chi connectivity index (χ4n) is 1.73. The second-order valence-electron chi connectivity index (χ2n) is 3.68. The molecule has 2 heterocycles. The highest BCUT2D eigenvalue weighted by Crippen LogP contribution is 2.23. The minimum absolute atomic E-state index is 0.0214. The van der Waals surface area contributed by atoms with Crippen molar-refractivity contribution in [2.45, 2.75) is 0 Å². The lowest BCUT2D eigenvalue weighted by molar-refractivity contribution is 0.0692. The molecule has 3 rings (SSSR count). The molecule has 0 bridgehead atoms. The van der Waals surface area contributed by atoms with Gasteiger partial charge in [-0.15, -0.1) is 0 Å². The summed E-state index contributed by atoms with van der Waals surface area (Å²) < 4.78 is 0.922. The molecule has 0 amide bonds. The van der Waals surface area contributed by atoms with Crippen LogP contribution in [0, 0.1) is 0 Å². The van der Waals surface area contributed by atoms with Crippen LogP contribution in [0.25, 0.3) is 22.6 Å². The van der Waals surface area contributed by atoms with Gasteiger partial charge in [0, 0.05) is 4.47 Å². The van der Waals surface area contributed by atoms with E-state index in [0.717, 1.165) is 15.5 Å². The fraction of sp³-hybridized carbons (Fsp3) is 0. The van der Waals surface area contributed by atoms with Gasteiger partial charge in [-0.3, -0.25) is 0 Å². The largest absolute Gasteiger partial charge is 0.477 e. The van der Waals surface area contributed by atoms with E-state index in [1.54, 1.807) is 0 Å². The fourth-order valence-corrected chi connectivity index (χ4v) is 2.09. The lowest BCUT2D eigenvalue weighted by Crippen LogP contribution is -1.99. The highest BCUT2D eigenvalue weighted by Gasteiger charge is 2.17. The average Bonchev–Trinajstić information content (AvgIpc) is 2.93. The lowest BCUT2D eigenvalue weighted by Gasteiger charge is -1.92. The number of aromatic carboxylic acids is 1. The van der Waals surface area contributed by atoms with Gasteiger partial charge < -0.3 is 15.1 Å². The maximum atomic E-state index is 11.0. The Balaban J connectivity index is 2.19. The van der Waals surface area contributed by atoms with E-state index in [1.807, 2.05) is 18.2 Å². The molecule has 3 aromatic rings.